The number of nitrogens with one attached hydrogen (secondary N) is 1. The minimum Gasteiger partial charge on any atom is -0.376 e. The highest BCUT2D eigenvalue weighted by molar-refractivity contribution is 6.30. The number of rotatable bonds is 8. The van der Waals surface area contributed by atoms with Crippen molar-refractivity contribution in [3.63, 3.8) is 0 Å². The van der Waals surface area contributed by atoms with Crippen LogP contribution in [0.3, 0.4) is 0 Å². The van der Waals surface area contributed by atoms with Crippen LogP contribution in [0, 0.1) is 0 Å². The molecule has 1 heterocycles. The van der Waals surface area contributed by atoms with Crippen LogP contribution < -0.4 is 5.32 Å². The molecule has 1 fully saturated rings. The van der Waals surface area contributed by atoms with Crippen molar-refractivity contribution >= 4 is 11.6 Å². The summed E-state index contributed by atoms with van der Waals surface area (Å²) in [6.07, 6.45) is 4.90. The molecule has 1 aromatic carbocycles. The van der Waals surface area contributed by atoms with E-state index in [1.54, 1.807) is 0 Å². The van der Waals surface area contributed by atoms with Crippen molar-refractivity contribution < 1.29 is 9.47 Å². The van der Waals surface area contributed by atoms with Gasteiger partial charge in [-0.1, -0.05) is 30.7 Å². The van der Waals surface area contributed by atoms with Crippen LogP contribution in [0.1, 0.15) is 44.3 Å². The van der Waals surface area contributed by atoms with Gasteiger partial charge >= 0.3 is 0 Å². The van der Waals surface area contributed by atoms with Crippen LogP contribution in [0.15, 0.2) is 24.3 Å². The van der Waals surface area contributed by atoms with Crippen LogP contribution in [0.25, 0.3) is 0 Å². The van der Waals surface area contributed by atoms with E-state index >= 15 is 0 Å². The summed E-state index contributed by atoms with van der Waals surface area (Å²) < 4.78 is 11.9. The number of benzene rings is 1. The molecule has 0 radical (unpaired) electrons. The maximum Gasteiger partial charge on any atom is 0.0951 e. The van der Waals surface area contributed by atoms with Crippen LogP contribution in [0.2, 0.25) is 5.02 Å². The van der Waals surface area contributed by atoms with Crippen molar-refractivity contribution in [3.05, 3.63) is 34.9 Å². The molecule has 0 aromatic heterocycles. The molecule has 4 heteroatoms. The molecule has 0 aliphatic carbocycles. The van der Waals surface area contributed by atoms with Crippen LogP contribution in [0.5, 0.6) is 0 Å². The molecule has 3 nitrogen and oxygen atoms in total. The molecule has 1 aromatic rings. The Morgan fingerprint density at radius 1 is 1.43 bits per heavy atom. The van der Waals surface area contributed by atoms with Gasteiger partial charge in [0.1, 0.15) is 0 Å². The third kappa shape index (κ3) is 5.95. The van der Waals surface area contributed by atoms with Crippen LogP contribution in [-0.2, 0) is 9.47 Å². The molecule has 0 saturated carbocycles. The smallest absolute Gasteiger partial charge is 0.0951 e. The van der Waals surface area contributed by atoms with Crippen molar-refractivity contribution in [1.82, 2.24) is 5.32 Å². The predicted octanol–water partition coefficient (Wildman–Crippen LogP) is 3.97. The lowest BCUT2D eigenvalue weighted by Gasteiger charge is -2.26. The molecular weight excluding hydrogens is 286 g/mol. The molecule has 0 spiro atoms. The van der Waals surface area contributed by atoms with Crippen LogP contribution in [0.4, 0.5) is 0 Å². The van der Waals surface area contributed by atoms with Gasteiger partial charge in [-0.15, -0.1) is 0 Å². The zero-order valence-corrected chi connectivity index (χ0v) is 13.6. The van der Waals surface area contributed by atoms with Gasteiger partial charge in [0.05, 0.1) is 18.8 Å². The van der Waals surface area contributed by atoms with E-state index < -0.39 is 0 Å². The van der Waals surface area contributed by atoms with Crippen molar-refractivity contribution in [1.29, 1.82) is 0 Å². The summed E-state index contributed by atoms with van der Waals surface area (Å²) in [6, 6.07) is 7.93. The Kier molecular flexibility index (Phi) is 7.51. The number of halogens is 1. The molecule has 2 atom stereocenters. The largest absolute Gasteiger partial charge is 0.376 e. The van der Waals surface area contributed by atoms with Crippen molar-refractivity contribution in [3.8, 4) is 0 Å². The fourth-order valence-electron chi connectivity index (χ4n) is 2.55. The molecule has 118 valence electrons. The third-order valence-electron chi connectivity index (χ3n) is 3.73. The highest BCUT2D eigenvalue weighted by Crippen LogP contribution is 2.22. The van der Waals surface area contributed by atoms with E-state index in [1.165, 1.54) is 12.8 Å². The summed E-state index contributed by atoms with van der Waals surface area (Å²) in [5.74, 6) is 0. The van der Waals surface area contributed by atoms with Crippen molar-refractivity contribution in [2.45, 2.75) is 44.8 Å². The highest BCUT2D eigenvalue weighted by atomic mass is 35.5. The third-order valence-corrected chi connectivity index (χ3v) is 3.97. The SMILES string of the molecule is CCCNCC(OCC1CCCCO1)c1cccc(Cl)c1. The lowest BCUT2D eigenvalue weighted by molar-refractivity contribution is -0.0633. The molecule has 21 heavy (non-hydrogen) atoms. The lowest BCUT2D eigenvalue weighted by Crippen LogP contribution is -2.29. The van der Waals surface area contributed by atoms with Gasteiger partial charge in [-0.3, -0.25) is 0 Å². The zero-order chi connectivity index (χ0) is 14.9. The van der Waals surface area contributed by atoms with E-state index in [0.717, 1.165) is 43.1 Å². The first-order valence-electron chi connectivity index (χ1n) is 7.99. The molecule has 1 N–H and O–H groups in total. The second-order valence-corrected chi connectivity index (χ2v) is 6.01. The van der Waals surface area contributed by atoms with Crippen LogP contribution in [-0.4, -0.2) is 32.4 Å². The molecule has 0 bridgehead atoms. The fraction of sp³-hybridized carbons (Fsp3) is 0.647. The van der Waals surface area contributed by atoms with E-state index in [1.807, 2.05) is 18.2 Å². The first kappa shape index (κ1) is 16.8. The zero-order valence-electron chi connectivity index (χ0n) is 12.8. The molecule has 1 aliphatic rings. The molecule has 0 amide bonds. The summed E-state index contributed by atoms with van der Waals surface area (Å²) in [6.45, 7) is 5.49. The first-order valence-corrected chi connectivity index (χ1v) is 8.36. The van der Waals surface area contributed by atoms with E-state index in [0.29, 0.717) is 6.61 Å². The van der Waals surface area contributed by atoms with Gasteiger partial charge in [-0.2, -0.15) is 0 Å². The Labute approximate surface area is 133 Å². The monoisotopic (exact) mass is 311 g/mol. The summed E-state index contributed by atoms with van der Waals surface area (Å²) in [7, 11) is 0. The topological polar surface area (TPSA) is 30.5 Å². The van der Waals surface area contributed by atoms with Gasteiger partial charge in [0.15, 0.2) is 0 Å². The molecule has 1 saturated heterocycles. The summed E-state index contributed by atoms with van der Waals surface area (Å²) in [5.41, 5.74) is 1.13. The Hall–Kier alpha value is -0.610. The Balaban J connectivity index is 1.91. The molecular formula is C17H26ClNO2. The number of ether oxygens (including phenoxy) is 2. The van der Waals surface area contributed by atoms with E-state index in [-0.39, 0.29) is 12.2 Å². The summed E-state index contributed by atoms with van der Waals surface area (Å²) in [5, 5.41) is 4.19. The normalized spacial score (nSPS) is 20.4. The average molecular weight is 312 g/mol. The van der Waals surface area contributed by atoms with E-state index in [2.05, 4.69) is 18.3 Å². The summed E-state index contributed by atoms with van der Waals surface area (Å²) in [4.78, 5) is 0. The van der Waals surface area contributed by atoms with Gasteiger partial charge < -0.3 is 14.8 Å². The van der Waals surface area contributed by atoms with Crippen molar-refractivity contribution in [2.75, 3.05) is 26.3 Å². The maximum atomic E-state index is 6.12. The van der Waals surface area contributed by atoms with Crippen LogP contribution >= 0.6 is 11.6 Å². The molecule has 2 rings (SSSR count). The second kappa shape index (κ2) is 9.42. The Morgan fingerprint density at radius 2 is 2.33 bits per heavy atom. The van der Waals surface area contributed by atoms with Crippen molar-refractivity contribution in [2.24, 2.45) is 0 Å². The van der Waals surface area contributed by atoms with Gasteiger partial charge in [0.25, 0.3) is 0 Å². The minimum absolute atomic E-state index is 0.0285. The lowest BCUT2D eigenvalue weighted by atomic mass is 10.1. The first-order chi connectivity index (χ1) is 10.3. The Morgan fingerprint density at radius 3 is 3.05 bits per heavy atom. The summed E-state index contributed by atoms with van der Waals surface area (Å²) >= 11 is 6.10. The van der Waals surface area contributed by atoms with Gasteiger partial charge in [-0.25, -0.2) is 0 Å². The fourth-order valence-corrected chi connectivity index (χ4v) is 2.75. The minimum atomic E-state index is 0.0285. The number of hydrogen-bond donors (Lipinski definition) is 1. The van der Waals surface area contributed by atoms with Gasteiger partial charge in [-0.05, 0) is 49.9 Å². The van der Waals surface area contributed by atoms with E-state index in [9.17, 15) is 0 Å². The van der Waals surface area contributed by atoms with Gasteiger partial charge in [0.2, 0.25) is 0 Å². The van der Waals surface area contributed by atoms with E-state index in [4.69, 9.17) is 21.1 Å². The molecule has 1 aliphatic heterocycles. The standard InChI is InChI=1S/C17H26ClNO2/c1-2-9-19-12-17(14-6-5-7-15(18)11-14)21-13-16-8-3-4-10-20-16/h5-7,11,16-17,19H,2-4,8-10,12-13H2,1H3. The maximum absolute atomic E-state index is 6.12. The molecule has 2 unspecified atom stereocenters. The number of hydrogen-bond acceptors (Lipinski definition) is 3. The average Bonchev–Trinajstić information content (AvgIpc) is 2.52. The quantitative estimate of drug-likeness (QED) is 0.737. The Bertz CT molecular complexity index is 408. The second-order valence-electron chi connectivity index (χ2n) is 5.57. The highest BCUT2D eigenvalue weighted by Gasteiger charge is 2.18. The van der Waals surface area contributed by atoms with Gasteiger partial charge in [0, 0.05) is 18.2 Å². The predicted molar refractivity (Wildman–Crippen MR) is 86.9 cm³/mol.